The van der Waals surface area contributed by atoms with Crippen LogP contribution in [0.4, 0.5) is 0 Å². The number of nitrogens with one attached hydrogen (secondary N) is 1. The zero-order chi connectivity index (χ0) is 7.82. The molecule has 0 unspecified atom stereocenters. The molecule has 0 aromatic carbocycles. The minimum atomic E-state index is 0.340. The minimum Gasteiger partial charge on any atom is -0.369 e. The largest absolute Gasteiger partial charge is 0.369 e. The van der Waals surface area contributed by atoms with E-state index in [0.29, 0.717) is 5.96 Å². The Labute approximate surface area is 61.2 Å². The van der Waals surface area contributed by atoms with Crippen LogP contribution in [-0.2, 0) is 0 Å². The number of aliphatic imine (C=N–C) groups is 1. The van der Waals surface area contributed by atoms with Crippen molar-refractivity contribution in [1.29, 1.82) is 0 Å². The Morgan fingerprint density at radius 2 is 2.40 bits per heavy atom. The van der Waals surface area contributed by atoms with Crippen LogP contribution >= 0.6 is 0 Å². The number of rotatable bonds is 3. The predicted molar refractivity (Wildman–Crippen MR) is 44.1 cm³/mol. The average Bonchev–Trinajstić information content (AvgIpc) is 1.98. The van der Waals surface area contributed by atoms with Crippen molar-refractivity contribution in [3.63, 3.8) is 0 Å². The number of unbranched alkanes of at least 4 members (excludes halogenated alkanes) is 1. The van der Waals surface area contributed by atoms with Gasteiger partial charge in [0.1, 0.15) is 0 Å². The van der Waals surface area contributed by atoms with E-state index in [1.54, 1.807) is 13.3 Å². The molecule has 0 heterocycles. The zero-order valence-electron chi connectivity index (χ0n) is 6.46. The summed E-state index contributed by atoms with van der Waals surface area (Å²) in [6, 6.07) is 0. The van der Waals surface area contributed by atoms with Crippen molar-refractivity contribution in [2.45, 2.75) is 19.8 Å². The summed E-state index contributed by atoms with van der Waals surface area (Å²) < 4.78 is 0. The highest BCUT2D eigenvalue weighted by molar-refractivity contribution is 5.78. The van der Waals surface area contributed by atoms with E-state index in [4.69, 9.17) is 5.73 Å². The molecule has 0 aliphatic heterocycles. The Balaban J connectivity index is 3.34. The normalized spacial score (nSPS) is 12.4. The molecule has 4 nitrogen and oxygen atoms in total. The summed E-state index contributed by atoms with van der Waals surface area (Å²) in [5, 5.41) is 3.80. The lowest BCUT2D eigenvalue weighted by Crippen LogP contribution is -2.26. The third-order valence-electron chi connectivity index (χ3n) is 0.929. The molecule has 0 fully saturated rings. The topological polar surface area (TPSA) is 62.8 Å². The molecule has 58 valence electrons. The Morgan fingerprint density at radius 1 is 1.70 bits per heavy atom. The molecule has 0 aliphatic carbocycles. The first-order chi connectivity index (χ1) is 4.81. The van der Waals surface area contributed by atoms with Gasteiger partial charge in [-0.25, -0.2) is 5.43 Å². The second-order valence-electron chi connectivity index (χ2n) is 1.82. The molecule has 4 heteroatoms. The number of nitrogens with zero attached hydrogens (tertiary/aromatic N) is 2. The van der Waals surface area contributed by atoms with E-state index in [1.165, 1.54) is 0 Å². The Bertz CT molecular complexity index is 128. The maximum absolute atomic E-state index is 5.28. The van der Waals surface area contributed by atoms with Gasteiger partial charge in [0.25, 0.3) is 0 Å². The van der Waals surface area contributed by atoms with E-state index in [1.807, 2.05) is 0 Å². The van der Waals surface area contributed by atoms with Crippen LogP contribution in [0.1, 0.15) is 19.8 Å². The van der Waals surface area contributed by atoms with Crippen LogP contribution in [0.25, 0.3) is 0 Å². The smallest absolute Gasteiger partial charge is 0.209 e. The van der Waals surface area contributed by atoms with Crippen LogP contribution in [0.5, 0.6) is 0 Å². The second kappa shape index (κ2) is 6.07. The van der Waals surface area contributed by atoms with Gasteiger partial charge in [-0.15, -0.1) is 0 Å². The van der Waals surface area contributed by atoms with Gasteiger partial charge < -0.3 is 5.73 Å². The van der Waals surface area contributed by atoms with Gasteiger partial charge in [0, 0.05) is 13.3 Å². The van der Waals surface area contributed by atoms with Crippen LogP contribution in [0.15, 0.2) is 10.1 Å². The molecule has 0 amide bonds. The highest BCUT2D eigenvalue weighted by atomic mass is 15.3. The number of hydrogen-bond donors (Lipinski definition) is 2. The molecule has 0 saturated heterocycles. The van der Waals surface area contributed by atoms with Crippen LogP contribution in [0.2, 0.25) is 0 Å². The number of guanidine groups is 1. The third kappa shape index (κ3) is 5.08. The summed E-state index contributed by atoms with van der Waals surface area (Å²) >= 11 is 0. The molecular formula is C6H14N4. The molecule has 0 atom stereocenters. The zero-order valence-corrected chi connectivity index (χ0v) is 6.46. The number of nitrogens with two attached hydrogens (primary N) is 1. The second-order valence-corrected chi connectivity index (χ2v) is 1.82. The Hall–Kier alpha value is -1.06. The molecule has 10 heavy (non-hydrogen) atoms. The average molecular weight is 142 g/mol. The van der Waals surface area contributed by atoms with Gasteiger partial charge in [0.15, 0.2) is 0 Å². The molecule has 0 radical (unpaired) electrons. The minimum absolute atomic E-state index is 0.340. The fourth-order valence-corrected chi connectivity index (χ4v) is 0.355. The summed E-state index contributed by atoms with van der Waals surface area (Å²) in [4.78, 5) is 3.66. The quantitative estimate of drug-likeness (QED) is 0.338. The molecule has 0 aromatic rings. The molecule has 3 N–H and O–H groups in total. The van der Waals surface area contributed by atoms with E-state index >= 15 is 0 Å². The lowest BCUT2D eigenvalue weighted by molar-refractivity contribution is 0.959. The predicted octanol–water partition coefficient (Wildman–Crippen LogP) is 0.306. The molecule has 0 bridgehead atoms. The molecule has 0 aromatic heterocycles. The maximum Gasteiger partial charge on any atom is 0.209 e. The fourth-order valence-electron chi connectivity index (χ4n) is 0.355. The highest BCUT2D eigenvalue weighted by Gasteiger charge is 1.79. The van der Waals surface area contributed by atoms with Gasteiger partial charge in [-0.05, 0) is 6.42 Å². The van der Waals surface area contributed by atoms with Crippen molar-refractivity contribution in [2.24, 2.45) is 15.8 Å². The monoisotopic (exact) mass is 142 g/mol. The first kappa shape index (κ1) is 8.94. The summed E-state index contributed by atoms with van der Waals surface area (Å²) in [6.45, 7) is 2.09. The van der Waals surface area contributed by atoms with Gasteiger partial charge in [-0.1, -0.05) is 13.3 Å². The molecular weight excluding hydrogens is 128 g/mol. The van der Waals surface area contributed by atoms with Crippen molar-refractivity contribution in [3.8, 4) is 0 Å². The van der Waals surface area contributed by atoms with E-state index in [9.17, 15) is 0 Å². The van der Waals surface area contributed by atoms with Gasteiger partial charge in [0.2, 0.25) is 5.96 Å². The SMILES string of the molecule is CCC/C=N/NC(N)=NC. The van der Waals surface area contributed by atoms with Gasteiger partial charge in [0.05, 0.1) is 0 Å². The van der Waals surface area contributed by atoms with Crippen LogP contribution in [0.3, 0.4) is 0 Å². The highest BCUT2D eigenvalue weighted by Crippen LogP contribution is 1.78. The van der Waals surface area contributed by atoms with Gasteiger partial charge >= 0.3 is 0 Å². The Kier molecular flexibility index (Phi) is 5.42. The molecule has 0 saturated carbocycles. The summed E-state index contributed by atoms with van der Waals surface area (Å²) in [7, 11) is 1.61. The third-order valence-corrected chi connectivity index (χ3v) is 0.929. The summed E-state index contributed by atoms with van der Waals surface area (Å²) in [5.41, 5.74) is 7.84. The van der Waals surface area contributed by atoms with Crippen molar-refractivity contribution in [1.82, 2.24) is 5.43 Å². The Morgan fingerprint density at radius 3 is 2.90 bits per heavy atom. The van der Waals surface area contributed by atoms with Crippen LogP contribution in [-0.4, -0.2) is 19.2 Å². The van der Waals surface area contributed by atoms with E-state index in [2.05, 4.69) is 22.4 Å². The van der Waals surface area contributed by atoms with Crippen molar-refractivity contribution < 1.29 is 0 Å². The van der Waals surface area contributed by atoms with Crippen molar-refractivity contribution >= 4 is 12.2 Å². The molecule has 0 rings (SSSR count). The van der Waals surface area contributed by atoms with E-state index in [0.717, 1.165) is 12.8 Å². The van der Waals surface area contributed by atoms with Gasteiger partial charge in [-0.3, -0.25) is 4.99 Å². The lowest BCUT2D eigenvalue weighted by Gasteiger charge is -1.94. The van der Waals surface area contributed by atoms with Gasteiger partial charge in [-0.2, -0.15) is 5.10 Å². The van der Waals surface area contributed by atoms with E-state index < -0.39 is 0 Å². The van der Waals surface area contributed by atoms with Crippen LogP contribution in [0, 0.1) is 0 Å². The van der Waals surface area contributed by atoms with Crippen molar-refractivity contribution in [2.75, 3.05) is 7.05 Å². The standard InChI is InChI=1S/C6H14N4/c1-3-4-5-9-10-6(7)8-2/h5H,3-4H2,1-2H3,(H3,7,8,10)/b9-5+. The lowest BCUT2D eigenvalue weighted by atomic mass is 10.4. The summed E-state index contributed by atoms with van der Waals surface area (Å²) in [6.07, 6.45) is 3.83. The number of hydrogen-bond acceptors (Lipinski definition) is 2. The fraction of sp³-hybridized carbons (Fsp3) is 0.667. The first-order valence-electron chi connectivity index (χ1n) is 3.31. The van der Waals surface area contributed by atoms with Crippen molar-refractivity contribution in [3.05, 3.63) is 0 Å². The molecule has 0 aliphatic rings. The number of hydrazone groups is 1. The maximum atomic E-state index is 5.28. The summed E-state index contributed by atoms with van der Waals surface area (Å²) in [5.74, 6) is 0.340. The van der Waals surface area contributed by atoms with Crippen LogP contribution < -0.4 is 11.2 Å². The molecule has 0 spiro atoms. The van der Waals surface area contributed by atoms with E-state index in [-0.39, 0.29) is 0 Å². The first-order valence-corrected chi connectivity index (χ1v) is 3.31.